The van der Waals surface area contributed by atoms with Crippen LogP contribution in [0.15, 0.2) is 42.4 Å². The van der Waals surface area contributed by atoms with E-state index in [1.807, 2.05) is 18.2 Å². The Bertz CT molecular complexity index is 331. The number of para-hydroxylation sites is 1. The Balaban J connectivity index is 2.54. The molecule has 0 heterocycles. The zero-order valence-electron chi connectivity index (χ0n) is 6.56. The summed E-state index contributed by atoms with van der Waals surface area (Å²) in [7, 11) is 0. The quantitative estimate of drug-likeness (QED) is 0.581. The summed E-state index contributed by atoms with van der Waals surface area (Å²) in [5, 5.41) is 0. The molecular weight excluding hydrogens is 230 g/mol. The van der Waals surface area contributed by atoms with Gasteiger partial charge in [0.2, 0.25) is 0 Å². The third-order valence-electron chi connectivity index (χ3n) is 1.18. The van der Waals surface area contributed by atoms with E-state index in [0.717, 1.165) is 5.82 Å². The molecule has 1 rings (SSSR count). The van der Waals surface area contributed by atoms with E-state index in [1.165, 1.54) is 6.26 Å². The second kappa shape index (κ2) is 4.71. The highest BCUT2D eigenvalue weighted by Crippen LogP contribution is 2.57. The molecule has 13 heavy (non-hydrogen) atoms. The van der Waals surface area contributed by atoms with Gasteiger partial charge in [-0.2, -0.15) is 0 Å². The molecule has 70 valence electrons. The van der Waals surface area contributed by atoms with Gasteiger partial charge in [0.25, 0.3) is 5.85 Å². The van der Waals surface area contributed by atoms with Gasteiger partial charge in [0.1, 0.15) is 5.75 Å². The number of halogens is 2. The molecule has 1 aromatic carbocycles. The lowest BCUT2D eigenvalue weighted by molar-refractivity contribution is 0.482. The van der Waals surface area contributed by atoms with E-state index in [4.69, 9.17) is 27.2 Å². The maximum atomic E-state index is 10.8. The Kier molecular flexibility index (Phi) is 3.86. The zero-order chi connectivity index (χ0) is 9.73. The van der Waals surface area contributed by atoms with Crippen LogP contribution >= 0.6 is 28.3 Å². The first-order valence-electron chi connectivity index (χ1n) is 3.46. The van der Waals surface area contributed by atoms with Gasteiger partial charge in [0.05, 0.1) is 6.26 Å². The zero-order valence-corrected chi connectivity index (χ0v) is 8.97. The van der Waals surface area contributed by atoms with Crippen molar-refractivity contribution in [3.8, 4) is 5.75 Å². The summed E-state index contributed by atoms with van der Waals surface area (Å²) in [6, 6.07) is 9.04. The first kappa shape index (κ1) is 10.6. The van der Waals surface area contributed by atoms with Crippen LogP contribution in [0.4, 0.5) is 0 Å². The van der Waals surface area contributed by atoms with Gasteiger partial charge in [-0.25, -0.2) is 0 Å². The molecule has 1 aromatic rings. The Morgan fingerprint density at radius 1 is 1.23 bits per heavy atom. The fourth-order valence-electron chi connectivity index (χ4n) is 0.679. The Hall–Kier alpha value is -0.430. The maximum absolute atomic E-state index is 10.8. The molecule has 0 N–H and O–H groups in total. The fraction of sp³-hybridized carbons (Fsp3) is 0. The van der Waals surface area contributed by atoms with E-state index in [9.17, 15) is 4.57 Å². The van der Waals surface area contributed by atoms with Gasteiger partial charge in [-0.15, -0.1) is 0 Å². The molecule has 0 aliphatic carbocycles. The molecule has 0 aliphatic rings. The summed E-state index contributed by atoms with van der Waals surface area (Å²) in [5.41, 5.74) is 0. The van der Waals surface area contributed by atoms with E-state index >= 15 is 0 Å². The number of rotatable bonds is 3. The average Bonchev–Trinajstić information content (AvgIpc) is 2.04. The van der Waals surface area contributed by atoms with E-state index in [1.54, 1.807) is 12.1 Å². The molecule has 0 fully saturated rings. The van der Waals surface area contributed by atoms with Crippen molar-refractivity contribution in [2.75, 3.05) is 0 Å². The van der Waals surface area contributed by atoms with Crippen LogP contribution in [-0.4, -0.2) is 0 Å². The van der Waals surface area contributed by atoms with Gasteiger partial charge >= 0.3 is 0 Å². The fourth-order valence-corrected chi connectivity index (χ4v) is 1.16. The second-order valence-corrected chi connectivity index (χ2v) is 7.05. The molecule has 2 nitrogen and oxygen atoms in total. The predicted octanol–water partition coefficient (Wildman–Crippen LogP) is 4.21. The molecule has 5 heteroatoms. The minimum absolute atomic E-state index is 0.639. The van der Waals surface area contributed by atoms with Crippen LogP contribution in [0.25, 0.3) is 0 Å². The van der Waals surface area contributed by atoms with Crippen LogP contribution in [0.2, 0.25) is 0 Å². The van der Waals surface area contributed by atoms with E-state index in [0.29, 0.717) is 5.75 Å². The van der Waals surface area contributed by atoms with Crippen molar-refractivity contribution in [1.82, 2.24) is 0 Å². The van der Waals surface area contributed by atoms with Crippen LogP contribution in [0, 0.1) is 0 Å². The van der Waals surface area contributed by atoms with Gasteiger partial charge in [-0.1, -0.05) is 18.2 Å². The minimum Gasteiger partial charge on any atom is -0.465 e. The van der Waals surface area contributed by atoms with Crippen LogP contribution in [0.3, 0.4) is 0 Å². The molecule has 0 spiro atoms. The standard InChI is InChI=1S/C8H7Cl2O2P/c9-13(10,11)7-6-12-8-4-2-1-3-5-8/h1-7H/b7-6+. The Labute approximate surface area is 86.1 Å². The molecule has 0 amide bonds. The molecule has 0 radical (unpaired) electrons. The summed E-state index contributed by atoms with van der Waals surface area (Å²) in [4.78, 5) is 0. The molecule has 0 unspecified atom stereocenters. The number of hydrogen-bond donors (Lipinski definition) is 0. The molecule has 0 aromatic heterocycles. The van der Waals surface area contributed by atoms with Crippen molar-refractivity contribution in [2.24, 2.45) is 0 Å². The van der Waals surface area contributed by atoms with Gasteiger partial charge in [0.15, 0.2) is 0 Å². The third-order valence-corrected chi connectivity index (χ3v) is 2.33. The van der Waals surface area contributed by atoms with Crippen LogP contribution in [0.1, 0.15) is 0 Å². The lowest BCUT2D eigenvalue weighted by Crippen LogP contribution is -1.78. The van der Waals surface area contributed by atoms with Crippen molar-refractivity contribution in [2.45, 2.75) is 0 Å². The van der Waals surface area contributed by atoms with Gasteiger partial charge in [-0.05, 0) is 34.6 Å². The molecule has 0 saturated carbocycles. The topological polar surface area (TPSA) is 26.3 Å². The highest BCUT2D eigenvalue weighted by Gasteiger charge is 2.06. The highest BCUT2D eigenvalue weighted by atomic mass is 35.9. The predicted molar refractivity (Wildman–Crippen MR) is 55.5 cm³/mol. The number of benzene rings is 1. The largest absolute Gasteiger partial charge is 0.465 e. The summed E-state index contributed by atoms with van der Waals surface area (Å²) < 4.78 is 15.8. The maximum Gasteiger partial charge on any atom is 0.278 e. The second-order valence-electron chi connectivity index (χ2n) is 2.22. The van der Waals surface area contributed by atoms with Crippen LogP contribution in [0.5, 0.6) is 5.75 Å². The van der Waals surface area contributed by atoms with E-state index < -0.39 is 5.85 Å². The third kappa shape index (κ3) is 4.99. The summed E-state index contributed by atoms with van der Waals surface area (Å²) >= 11 is 10.5. The van der Waals surface area contributed by atoms with Crippen molar-refractivity contribution in [3.05, 3.63) is 42.4 Å². The van der Waals surface area contributed by atoms with Crippen molar-refractivity contribution >= 4 is 28.3 Å². The highest BCUT2D eigenvalue weighted by molar-refractivity contribution is 8.10. The SMILES string of the molecule is O=P(Cl)(Cl)/C=C/Oc1ccccc1. The van der Waals surface area contributed by atoms with Gasteiger partial charge < -0.3 is 4.74 Å². The first-order chi connectivity index (χ1) is 6.08. The lowest BCUT2D eigenvalue weighted by atomic mass is 10.3. The van der Waals surface area contributed by atoms with E-state index in [-0.39, 0.29) is 0 Å². The summed E-state index contributed by atoms with van der Waals surface area (Å²) in [6.07, 6.45) is 1.22. The number of hydrogen-bond acceptors (Lipinski definition) is 2. The first-order valence-corrected chi connectivity index (χ1v) is 7.05. The monoisotopic (exact) mass is 236 g/mol. The summed E-state index contributed by atoms with van der Waals surface area (Å²) in [6.45, 7) is 0. The molecule has 0 saturated heterocycles. The molecular formula is C8H7Cl2O2P. The van der Waals surface area contributed by atoms with Gasteiger partial charge in [-0.3, -0.25) is 4.57 Å². The minimum atomic E-state index is -3.16. The molecule has 0 atom stereocenters. The van der Waals surface area contributed by atoms with Crippen molar-refractivity contribution < 1.29 is 9.30 Å². The average molecular weight is 237 g/mol. The van der Waals surface area contributed by atoms with Crippen LogP contribution in [-0.2, 0) is 4.57 Å². The van der Waals surface area contributed by atoms with E-state index in [2.05, 4.69) is 0 Å². The van der Waals surface area contributed by atoms with Crippen molar-refractivity contribution in [3.63, 3.8) is 0 Å². The smallest absolute Gasteiger partial charge is 0.278 e. The Morgan fingerprint density at radius 3 is 2.38 bits per heavy atom. The Morgan fingerprint density at radius 2 is 1.85 bits per heavy atom. The summed E-state index contributed by atoms with van der Waals surface area (Å²) in [5.74, 6) is -1.40. The normalized spacial score (nSPS) is 11.8. The van der Waals surface area contributed by atoms with Crippen LogP contribution < -0.4 is 4.74 Å². The molecule has 0 bridgehead atoms. The molecule has 0 aliphatic heterocycles. The lowest BCUT2D eigenvalue weighted by Gasteiger charge is -1.98. The van der Waals surface area contributed by atoms with Gasteiger partial charge in [0, 0.05) is 5.82 Å². The van der Waals surface area contributed by atoms with Crippen molar-refractivity contribution in [1.29, 1.82) is 0 Å². The number of ether oxygens (including phenoxy) is 1.